The summed E-state index contributed by atoms with van der Waals surface area (Å²) >= 11 is 37.4. The maximum Gasteiger partial charge on any atom is 0.258 e. The average molecular weight is 957 g/mol. The number of rotatable bonds is 16. The highest BCUT2D eigenvalue weighted by Gasteiger charge is 2.27. The lowest BCUT2D eigenvalue weighted by Gasteiger charge is -2.15. The Balaban J connectivity index is 1.26. The molecular weight excluding hydrogens is 925 g/mol. The van der Waals surface area contributed by atoms with Crippen molar-refractivity contribution in [3.05, 3.63) is 139 Å². The Morgan fingerprint density at radius 3 is 1.23 bits per heavy atom. The summed E-state index contributed by atoms with van der Waals surface area (Å²) in [5.74, 6) is -3.96. The van der Waals surface area contributed by atoms with Crippen LogP contribution in [0.3, 0.4) is 0 Å². The highest BCUT2D eigenvalue weighted by atomic mass is 35.5. The molecule has 0 aliphatic carbocycles. The maximum atomic E-state index is 13.3. The largest absolute Gasteiger partial charge is 0.322 e. The quantitative estimate of drug-likeness (QED) is 0.0431. The molecule has 4 N–H and O–H groups in total. The second-order valence-corrected chi connectivity index (χ2v) is 15.4. The molecule has 5 aromatic carbocycles. The van der Waals surface area contributed by atoms with Crippen LogP contribution in [0.2, 0.25) is 20.1 Å². The summed E-state index contributed by atoms with van der Waals surface area (Å²) < 4.78 is 0. The van der Waals surface area contributed by atoms with E-state index in [0.717, 1.165) is 13.8 Å². The Hall–Kier alpha value is -5.74. The number of azo groups is 2. The van der Waals surface area contributed by atoms with Gasteiger partial charge in [-0.05, 0) is 85.6 Å². The Kier molecular flexibility index (Phi) is 16.7. The van der Waals surface area contributed by atoms with Crippen LogP contribution in [-0.2, 0) is 30.9 Å². The summed E-state index contributed by atoms with van der Waals surface area (Å²) in [4.78, 5) is 77.8. The van der Waals surface area contributed by atoms with Crippen molar-refractivity contribution in [3.8, 4) is 0 Å². The first kappa shape index (κ1) is 47.3. The number of Topliss-reactive ketones (excluding diaryl/α,β-unsaturated/α-hetero) is 2. The van der Waals surface area contributed by atoms with Crippen LogP contribution in [0.5, 0.6) is 0 Å². The number of para-hydroxylation sites is 2. The van der Waals surface area contributed by atoms with Gasteiger partial charge < -0.3 is 21.3 Å². The minimum atomic E-state index is -1.67. The molecule has 0 saturated heterocycles. The van der Waals surface area contributed by atoms with Gasteiger partial charge in [-0.15, -0.1) is 23.2 Å². The molecule has 4 amide bonds. The smallest absolute Gasteiger partial charge is 0.258 e. The lowest BCUT2D eigenvalue weighted by atomic mass is 10.1. The van der Waals surface area contributed by atoms with Crippen molar-refractivity contribution < 1.29 is 28.8 Å². The van der Waals surface area contributed by atoms with E-state index in [1.165, 1.54) is 48.5 Å². The molecule has 318 valence electrons. The summed E-state index contributed by atoms with van der Waals surface area (Å²) in [7, 11) is 0. The second kappa shape index (κ2) is 21.9. The molecule has 0 spiro atoms. The average Bonchev–Trinajstić information content (AvgIpc) is 3.22. The topological polar surface area (TPSA) is 200 Å². The normalized spacial score (nSPS) is 12.1. The first-order valence-corrected chi connectivity index (χ1v) is 20.6. The van der Waals surface area contributed by atoms with E-state index in [-0.39, 0.29) is 65.7 Å². The van der Waals surface area contributed by atoms with Gasteiger partial charge in [0.15, 0.2) is 11.6 Å². The Labute approximate surface area is 384 Å². The molecule has 0 aliphatic rings. The summed E-state index contributed by atoms with van der Waals surface area (Å²) in [5.41, 5.74) is 2.65. The number of alkyl halides is 2. The molecular formula is C42H32Cl6N8O6. The zero-order valence-corrected chi connectivity index (χ0v) is 36.8. The van der Waals surface area contributed by atoms with Crippen LogP contribution in [0, 0.1) is 0 Å². The number of hydrogen-bond acceptors (Lipinski definition) is 10. The summed E-state index contributed by atoms with van der Waals surface area (Å²) in [6, 6.07) is 21.3. The number of ketones is 2. The number of amides is 4. The summed E-state index contributed by atoms with van der Waals surface area (Å²) in [6.07, 6.45) is 0. The van der Waals surface area contributed by atoms with Gasteiger partial charge in [-0.25, -0.2) is 0 Å². The summed E-state index contributed by atoms with van der Waals surface area (Å²) in [5, 5.41) is 26.3. The standard InChI is InChI=1S/C42H32Cl6N8O6/c1-21(57)37(55-53-29-13-25(11-27(45)15-29)39(59)49-33-9-5-3-7-23(33)19-43)41(61)51-35-17-32(48)36(18-31(35)47)52-42(62)38(22(2)58)56-54-30-14-26(12-28(46)16-30)40(60)50-34-10-6-4-8-24(34)20-44/h3-18,37-38H,19-20H2,1-2H3,(H,49,59)(H,50,60)(H,51,61)(H,52,62). The number of nitrogens with one attached hydrogen (secondary N) is 4. The monoisotopic (exact) mass is 954 g/mol. The van der Waals surface area contributed by atoms with Crippen LogP contribution in [0.15, 0.2) is 118 Å². The van der Waals surface area contributed by atoms with Crippen LogP contribution >= 0.6 is 69.6 Å². The van der Waals surface area contributed by atoms with Crippen molar-refractivity contribution in [2.24, 2.45) is 20.5 Å². The van der Waals surface area contributed by atoms with Crippen LogP contribution in [0.1, 0.15) is 45.7 Å². The number of carbonyl (C=O) groups is 6. The number of nitrogens with zero attached hydrogens (tertiary/aromatic N) is 4. The fourth-order valence-corrected chi connectivity index (χ4v) is 6.81. The van der Waals surface area contributed by atoms with Gasteiger partial charge in [0.2, 0.25) is 12.1 Å². The van der Waals surface area contributed by atoms with Crippen molar-refractivity contribution in [1.29, 1.82) is 0 Å². The molecule has 0 fully saturated rings. The Morgan fingerprint density at radius 2 is 0.871 bits per heavy atom. The zero-order valence-electron chi connectivity index (χ0n) is 32.3. The highest BCUT2D eigenvalue weighted by Crippen LogP contribution is 2.34. The SMILES string of the molecule is CC(=O)C(N=Nc1cc(Cl)cc(C(=O)Nc2ccccc2CCl)c1)C(=O)Nc1cc(Cl)c(NC(=O)C(N=Nc2cc(Cl)cc(C(=O)Nc3ccccc3CCl)c2)C(C)=O)cc1Cl. The first-order valence-electron chi connectivity index (χ1n) is 18.0. The van der Waals surface area contributed by atoms with Gasteiger partial charge in [0.1, 0.15) is 0 Å². The molecule has 0 radical (unpaired) electrons. The molecule has 20 heteroatoms. The van der Waals surface area contributed by atoms with E-state index in [1.54, 1.807) is 48.5 Å². The maximum absolute atomic E-state index is 13.3. The molecule has 2 unspecified atom stereocenters. The molecule has 5 rings (SSSR count). The van der Waals surface area contributed by atoms with E-state index in [9.17, 15) is 28.8 Å². The molecule has 5 aromatic rings. The minimum absolute atomic E-state index is 0.0604. The van der Waals surface area contributed by atoms with Gasteiger partial charge in [-0.2, -0.15) is 20.5 Å². The minimum Gasteiger partial charge on any atom is -0.322 e. The van der Waals surface area contributed by atoms with Gasteiger partial charge >= 0.3 is 0 Å². The molecule has 14 nitrogen and oxygen atoms in total. The van der Waals surface area contributed by atoms with E-state index in [1.807, 2.05) is 0 Å². The van der Waals surface area contributed by atoms with E-state index in [2.05, 4.69) is 41.7 Å². The lowest BCUT2D eigenvalue weighted by molar-refractivity contribution is -0.127. The third-order valence-electron chi connectivity index (χ3n) is 8.53. The van der Waals surface area contributed by atoms with Crippen LogP contribution in [0.25, 0.3) is 0 Å². The van der Waals surface area contributed by atoms with E-state index in [0.29, 0.717) is 22.5 Å². The van der Waals surface area contributed by atoms with Crippen molar-refractivity contribution in [2.45, 2.75) is 37.7 Å². The van der Waals surface area contributed by atoms with Gasteiger partial charge in [-0.3, -0.25) is 28.8 Å². The number of anilines is 4. The third-order valence-corrected chi connectivity index (χ3v) is 10.2. The molecule has 2 atom stereocenters. The number of halogens is 6. The molecule has 62 heavy (non-hydrogen) atoms. The van der Waals surface area contributed by atoms with Crippen molar-refractivity contribution in [1.82, 2.24) is 0 Å². The molecule has 0 aliphatic heterocycles. The van der Waals surface area contributed by atoms with E-state index in [4.69, 9.17) is 69.6 Å². The number of carbonyl (C=O) groups excluding carboxylic acids is 6. The predicted octanol–water partition coefficient (Wildman–Crippen LogP) is 11.6. The van der Waals surface area contributed by atoms with Gasteiger partial charge in [0.05, 0.1) is 32.8 Å². The molecule has 0 bridgehead atoms. The third kappa shape index (κ3) is 12.7. The number of hydrogen-bond donors (Lipinski definition) is 4. The Bertz CT molecular complexity index is 2460. The summed E-state index contributed by atoms with van der Waals surface area (Å²) in [6.45, 7) is 2.24. The van der Waals surface area contributed by atoms with E-state index >= 15 is 0 Å². The molecule has 0 heterocycles. The van der Waals surface area contributed by atoms with Gasteiger partial charge in [0, 0.05) is 44.3 Å². The van der Waals surface area contributed by atoms with Crippen molar-refractivity contribution in [3.63, 3.8) is 0 Å². The van der Waals surface area contributed by atoms with Crippen LogP contribution in [-0.4, -0.2) is 47.3 Å². The zero-order chi connectivity index (χ0) is 45.1. The second-order valence-electron chi connectivity index (χ2n) is 13.1. The fourth-order valence-electron chi connectivity index (χ4n) is 5.46. The number of benzene rings is 5. The lowest BCUT2D eigenvalue weighted by Crippen LogP contribution is -2.32. The van der Waals surface area contributed by atoms with Crippen LogP contribution < -0.4 is 21.3 Å². The van der Waals surface area contributed by atoms with Gasteiger partial charge in [0.25, 0.3) is 23.6 Å². The Morgan fingerprint density at radius 1 is 0.500 bits per heavy atom. The highest BCUT2D eigenvalue weighted by molar-refractivity contribution is 6.38. The van der Waals surface area contributed by atoms with Crippen molar-refractivity contribution in [2.75, 3.05) is 21.3 Å². The predicted molar refractivity (Wildman–Crippen MR) is 242 cm³/mol. The van der Waals surface area contributed by atoms with Crippen molar-refractivity contribution >= 4 is 139 Å². The first-order chi connectivity index (χ1) is 29.6. The van der Waals surface area contributed by atoms with Gasteiger partial charge in [-0.1, -0.05) is 82.8 Å². The van der Waals surface area contributed by atoms with E-state index < -0.39 is 47.3 Å². The van der Waals surface area contributed by atoms with Crippen LogP contribution in [0.4, 0.5) is 34.1 Å². The fraction of sp³-hybridized carbons (Fsp3) is 0.143. The molecule has 0 saturated carbocycles. The molecule has 0 aromatic heterocycles.